The van der Waals surface area contributed by atoms with E-state index in [1.165, 1.54) is 11.1 Å². The van der Waals surface area contributed by atoms with Crippen LogP contribution in [0.1, 0.15) is 16.7 Å². The minimum absolute atomic E-state index is 0.465. The number of benzene rings is 2. The summed E-state index contributed by atoms with van der Waals surface area (Å²) in [4.78, 5) is 0. The third-order valence-electron chi connectivity index (χ3n) is 3.42. The van der Waals surface area contributed by atoms with E-state index in [-0.39, 0.29) is 0 Å². The number of nitrogens with zero attached hydrogens (tertiary/aromatic N) is 1. The van der Waals surface area contributed by atoms with Gasteiger partial charge in [0.05, 0.1) is 31.1 Å². The first kappa shape index (κ1) is 16.2. The number of hydrogen-bond donors (Lipinski definition) is 1. The molecule has 0 fully saturated rings. The lowest BCUT2D eigenvalue weighted by molar-refractivity contribution is 0.355. The largest absolute Gasteiger partial charge is 0.493 e. The molecule has 0 unspecified atom stereocenters. The van der Waals surface area contributed by atoms with Gasteiger partial charge in [0, 0.05) is 5.56 Å². The number of ether oxygens (including phenoxy) is 2. The van der Waals surface area contributed by atoms with E-state index >= 15 is 0 Å². The Morgan fingerprint density at radius 2 is 1.82 bits per heavy atom. The van der Waals surface area contributed by atoms with Crippen molar-refractivity contribution in [1.29, 1.82) is 0 Å². The third-order valence-corrected chi connectivity index (χ3v) is 3.81. The van der Waals surface area contributed by atoms with Crippen LogP contribution in [0, 0.1) is 13.8 Å². The smallest absolute Gasteiger partial charge is 0.180 e. The van der Waals surface area contributed by atoms with Crippen molar-refractivity contribution in [3.8, 4) is 11.5 Å². The van der Waals surface area contributed by atoms with Crippen molar-refractivity contribution >= 4 is 23.5 Å². The van der Waals surface area contributed by atoms with Gasteiger partial charge in [0.15, 0.2) is 11.5 Å². The molecule has 0 heterocycles. The summed E-state index contributed by atoms with van der Waals surface area (Å²) in [6.45, 7) is 4.14. The highest BCUT2D eigenvalue weighted by Crippen LogP contribution is 2.36. The molecular weight excluding hydrogens is 300 g/mol. The molecule has 0 radical (unpaired) electrons. The molecule has 2 rings (SSSR count). The van der Waals surface area contributed by atoms with Crippen LogP contribution in [-0.4, -0.2) is 20.4 Å². The Kier molecular flexibility index (Phi) is 5.28. The van der Waals surface area contributed by atoms with Crippen molar-refractivity contribution in [3.05, 3.63) is 52.0 Å². The van der Waals surface area contributed by atoms with Crippen LogP contribution in [0.3, 0.4) is 0 Å². The minimum atomic E-state index is 0.465. The van der Waals surface area contributed by atoms with Gasteiger partial charge in [0.2, 0.25) is 0 Å². The summed E-state index contributed by atoms with van der Waals surface area (Å²) in [6, 6.07) is 9.70. The molecule has 2 aromatic rings. The van der Waals surface area contributed by atoms with Crippen molar-refractivity contribution in [1.82, 2.24) is 0 Å². The van der Waals surface area contributed by atoms with E-state index in [0.29, 0.717) is 16.5 Å². The van der Waals surface area contributed by atoms with Gasteiger partial charge in [-0.2, -0.15) is 5.10 Å². The highest BCUT2D eigenvalue weighted by Gasteiger charge is 2.11. The van der Waals surface area contributed by atoms with Crippen LogP contribution >= 0.6 is 11.6 Å². The van der Waals surface area contributed by atoms with Gasteiger partial charge in [0.1, 0.15) is 0 Å². The SMILES string of the molecule is COc1ccc(/C=N/Nc2ccc(C)c(C)c2)c(Cl)c1OC. The standard InChI is InChI=1S/C17H19ClN2O2/c1-11-5-7-14(9-12(11)2)20-19-10-13-6-8-15(21-3)17(22-4)16(13)18/h5-10,20H,1-4H3/b19-10+. The fourth-order valence-corrected chi connectivity index (χ4v) is 2.27. The number of nitrogens with one attached hydrogen (secondary N) is 1. The molecule has 4 nitrogen and oxygen atoms in total. The monoisotopic (exact) mass is 318 g/mol. The van der Waals surface area contributed by atoms with Crippen LogP contribution in [0.25, 0.3) is 0 Å². The normalized spacial score (nSPS) is 10.8. The Hall–Kier alpha value is -2.20. The second kappa shape index (κ2) is 7.18. The predicted octanol–water partition coefficient (Wildman–Crippen LogP) is 4.42. The minimum Gasteiger partial charge on any atom is -0.493 e. The number of anilines is 1. The van der Waals surface area contributed by atoms with E-state index in [1.54, 1.807) is 26.5 Å². The van der Waals surface area contributed by atoms with Crippen LogP contribution in [0.4, 0.5) is 5.69 Å². The van der Waals surface area contributed by atoms with Crippen LogP contribution < -0.4 is 14.9 Å². The van der Waals surface area contributed by atoms with E-state index < -0.39 is 0 Å². The summed E-state index contributed by atoms with van der Waals surface area (Å²) >= 11 is 6.30. The molecule has 1 N–H and O–H groups in total. The molecule has 0 atom stereocenters. The first-order valence-electron chi connectivity index (χ1n) is 6.83. The van der Waals surface area contributed by atoms with Gasteiger partial charge < -0.3 is 9.47 Å². The molecule has 0 bridgehead atoms. The molecule has 2 aromatic carbocycles. The van der Waals surface area contributed by atoms with Gasteiger partial charge in [-0.1, -0.05) is 17.7 Å². The third kappa shape index (κ3) is 3.52. The molecule has 22 heavy (non-hydrogen) atoms. The molecule has 5 heteroatoms. The highest BCUT2D eigenvalue weighted by atomic mass is 35.5. The molecule has 0 aliphatic heterocycles. The molecule has 0 amide bonds. The Bertz CT molecular complexity index is 699. The fraction of sp³-hybridized carbons (Fsp3) is 0.235. The number of halogens is 1. The zero-order valence-corrected chi connectivity index (χ0v) is 13.9. The summed E-state index contributed by atoms with van der Waals surface area (Å²) in [6.07, 6.45) is 1.65. The van der Waals surface area contributed by atoms with Gasteiger partial charge in [-0.3, -0.25) is 5.43 Å². The maximum absolute atomic E-state index is 6.30. The van der Waals surface area contributed by atoms with Crippen molar-refractivity contribution in [2.45, 2.75) is 13.8 Å². The van der Waals surface area contributed by atoms with Gasteiger partial charge in [-0.25, -0.2) is 0 Å². The summed E-state index contributed by atoms with van der Waals surface area (Å²) in [5.41, 5.74) is 7.13. The lowest BCUT2D eigenvalue weighted by Crippen LogP contribution is -1.96. The van der Waals surface area contributed by atoms with Crippen LogP contribution in [0.5, 0.6) is 11.5 Å². The zero-order valence-electron chi connectivity index (χ0n) is 13.1. The Morgan fingerprint density at radius 1 is 1.05 bits per heavy atom. The average molecular weight is 319 g/mol. The second-order valence-corrected chi connectivity index (χ2v) is 5.25. The van der Waals surface area contributed by atoms with Crippen LogP contribution in [0.15, 0.2) is 35.4 Å². The van der Waals surface area contributed by atoms with Crippen LogP contribution in [-0.2, 0) is 0 Å². The Labute approximate surface area is 135 Å². The predicted molar refractivity (Wildman–Crippen MR) is 91.7 cm³/mol. The Morgan fingerprint density at radius 3 is 2.45 bits per heavy atom. The second-order valence-electron chi connectivity index (χ2n) is 4.87. The first-order valence-corrected chi connectivity index (χ1v) is 7.21. The van der Waals surface area contributed by atoms with Gasteiger partial charge in [-0.15, -0.1) is 0 Å². The van der Waals surface area contributed by atoms with E-state index in [9.17, 15) is 0 Å². The molecular formula is C17H19ClN2O2. The number of methoxy groups -OCH3 is 2. The number of rotatable bonds is 5. The molecule has 0 aliphatic rings. The van der Waals surface area contributed by atoms with Crippen molar-refractivity contribution in [2.24, 2.45) is 5.10 Å². The first-order chi connectivity index (χ1) is 10.6. The number of aryl methyl sites for hydroxylation is 2. The molecule has 0 spiro atoms. The number of hydrogen-bond acceptors (Lipinski definition) is 4. The van der Waals surface area contributed by atoms with E-state index in [2.05, 4.69) is 30.4 Å². The van der Waals surface area contributed by atoms with Gasteiger partial charge in [0.25, 0.3) is 0 Å². The molecule has 116 valence electrons. The summed E-state index contributed by atoms with van der Waals surface area (Å²) in [7, 11) is 3.13. The Balaban J connectivity index is 2.18. The van der Waals surface area contributed by atoms with E-state index in [1.807, 2.05) is 18.2 Å². The zero-order chi connectivity index (χ0) is 16.1. The van der Waals surface area contributed by atoms with Crippen molar-refractivity contribution < 1.29 is 9.47 Å². The van der Waals surface area contributed by atoms with E-state index in [4.69, 9.17) is 21.1 Å². The lowest BCUT2D eigenvalue weighted by atomic mass is 10.1. The quantitative estimate of drug-likeness (QED) is 0.655. The molecule has 0 saturated heterocycles. The summed E-state index contributed by atoms with van der Waals surface area (Å²) < 4.78 is 10.5. The fourth-order valence-electron chi connectivity index (χ4n) is 1.99. The molecule has 0 aliphatic carbocycles. The topological polar surface area (TPSA) is 42.8 Å². The van der Waals surface area contributed by atoms with Crippen molar-refractivity contribution in [2.75, 3.05) is 19.6 Å². The molecule has 0 aromatic heterocycles. The lowest BCUT2D eigenvalue weighted by Gasteiger charge is -2.10. The summed E-state index contributed by atoms with van der Waals surface area (Å²) in [5.74, 6) is 1.09. The highest BCUT2D eigenvalue weighted by molar-refractivity contribution is 6.34. The van der Waals surface area contributed by atoms with Crippen LogP contribution in [0.2, 0.25) is 5.02 Å². The van der Waals surface area contributed by atoms with Gasteiger partial charge >= 0.3 is 0 Å². The average Bonchev–Trinajstić information content (AvgIpc) is 2.52. The number of hydrazone groups is 1. The maximum atomic E-state index is 6.30. The summed E-state index contributed by atoms with van der Waals surface area (Å²) in [5, 5.41) is 4.68. The maximum Gasteiger partial charge on any atom is 0.180 e. The van der Waals surface area contributed by atoms with Crippen molar-refractivity contribution in [3.63, 3.8) is 0 Å². The van der Waals surface area contributed by atoms with E-state index in [0.717, 1.165) is 11.3 Å². The van der Waals surface area contributed by atoms with Gasteiger partial charge in [-0.05, 0) is 49.2 Å². The molecule has 0 saturated carbocycles.